The van der Waals surface area contributed by atoms with Crippen LogP contribution < -0.4 is 10.2 Å². The van der Waals surface area contributed by atoms with E-state index in [1.54, 1.807) is 6.07 Å². The minimum Gasteiger partial charge on any atom is -0.366 e. The highest BCUT2D eigenvalue weighted by Crippen LogP contribution is 2.32. The third kappa shape index (κ3) is 2.72. The number of hydrogen-bond donors (Lipinski definition) is 1. The largest absolute Gasteiger partial charge is 0.416 e. The van der Waals surface area contributed by atoms with Crippen molar-refractivity contribution in [3.63, 3.8) is 0 Å². The lowest BCUT2D eigenvalue weighted by molar-refractivity contribution is -0.137. The summed E-state index contributed by atoms with van der Waals surface area (Å²) in [5.41, 5.74) is 0.0644. The Morgan fingerprint density at radius 2 is 2.12 bits per heavy atom. The van der Waals surface area contributed by atoms with Gasteiger partial charge < -0.3 is 10.2 Å². The molecule has 0 aliphatic carbocycles. The van der Waals surface area contributed by atoms with Crippen LogP contribution in [-0.2, 0) is 6.18 Å². The lowest BCUT2D eigenvalue weighted by Crippen LogP contribution is -2.49. The number of piperazine rings is 1. The summed E-state index contributed by atoms with van der Waals surface area (Å²) in [6.07, 6.45) is -4.27. The van der Waals surface area contributed by atoms with Crippen LogP contribution >= 0.6 is 0 Å². The van der Waals surface area contributed by atoms with Crippen LogP contribution in [0.5, 0.6) is 0 Å². The summed E-state index contributed by atoms with van der Waals surface area (Å²) in [5.74, 6) is 0. The summed E-state index contributed by atoms with van der Waals surface area (Å²) in [4.78, 5) is 2.01. The molecule has 0 spiro atoms. The Morgan fingerprint density at radius 3 is 2.76 bits per heavy atom. The third-order valence-corrected chi connectivity index (χ3v) is 3.01. The van der Waals surface area contributed by atoms with Crippen molar-refractivity contribution in [3.05, 3.63) is 29.8 Å². The third-order valence-electron chi connectivity index (χ3n) is 3.01. The van der Waals surface area contributed by atoms with Crippen LogP contribution in [-0.4, -0.2) is 25.7 Å². The van der Waals surface area contributed by atoms with Gasteiger partial charge in [-0.15, -0.1) is 0 Å². The first-order chi connectivity index (χ1) is 7.98. The molecule has 1 fully saturated rings. The molecule has 1 aromatic carbocycles. The molecule has 17 heavy (non-hydrogen) atoms. The summed E-state index contributed by atoms with van der Waals surface area (Å²) >= 11 is 0. The van der Waals surface area contributed by atoms with E-state index in [-0.39, 0.29) is 6.04 Å². The molecule has 0 amide bonds. The van der Waals surface area contributed by atoms with Gasteiger partial charge in [0.25, 0.3) is 0 Å². The summed E-state index contributed by atoms with van der Waals surface area (Å²) < 4.78 is 37.8. The second kappa shape index (κ2) is 4.56. The fourth-order valence-corrected chi connectivity index (χ4v) is 2.09. The van der Waals surface area contributed by atoms with Gasteiger partial charge in [-0.05, 0) is 25.1 Å². The van der Waals surface area contributed by atoms with Gasteiger partial charge in [0.1, 0.15) is 0 Å². The van der Waals surface area contributed by atoms with Crippen molar-refractivity contribution in [3.8, 4) is 0 Å². The maximum absolute atomic E-state index is 12.6. The number of hydrogen-bond acceptors (Lipinski definition) is 2. The predicted octanol–water partition coefficient (Wildman–Crippen LogP) is 2.50. The van der Waals surface area contributed by atoms with Crippen LogP contribution in [0.25, 0.3) is 0 Å². The van der Waals surface area contributed by atoms with Crippen LogP contribution in [0.15, 0.2) is 24.3 Å². The van der Waals surface area contributed by atoms with Crippen molar-refractivity contribution >= 4 is 5.69 Å². The SMILES string of the molecule is C[C@H]1CNCCN1c1cccc(C(F)(F)F)c1. The van der Waals surface area contributed by atoms with E-state index in [1.807, 2.05) is 11.8 Å². The first-order valence-electron chi connectivity index (χ1n) is 5.63. The fourth-order valence-electron chi connectivity index (χ4n) is 2.09. The maximum atomic E-state index is 12.6. The lowest BCUT2D eigenvalue weighted by atomic mass is 10.1. The lowest BCUT2D eigenvalue weighted by Gasteiger charge is -2.36. The average Bonchev–Trinajstić information content (AvgIpc) is 2.29. The van der Waals surface area contributed by atoms with Crippen LogP contribution in [0.1, 0.15) is 12.5 Å². The molecule has 0 radical (unpaired) electrons. The van der Waals surface area contributed by atoms with Gasteiger partial charge in [-0.3, -0.25) is 0 Å². The molecular formula is C12H15F3N2. The molecule has 1 aromatic rings. The molecule has 5 heteroatoms. The van der Waals surface area contributed by atoms with Gasteiger partial charge in [-0.2, -0.15) is 13.2 Å². The number of nitrogens with one attached hydrogen (secondary N) is 1. The average molecular weight is 244 g/mol. The smallest absolute Gasteiger partial charge is 0.366 e. The molecule has 0 bridgehead atoms. The van der Waals surface area contributed by atoms with Gasteiger partial charge in [-0.1, -0.05) is 6.07 Å². The highest BCUT2D eigenvalue weighted by atomic mass is 19.4. The Hall–Kier alpha value is -1.23. The molecule has 1 aliphatic rings. The van der Waals surface area contributed by atoms with Crippen molar-refractivity contribution in [2.75, 3.05) is 24.5 Å². The Labute approximate surface area is 98.4 Å². The van der Waals surface area contributed by atoms with E-state index in [0.29, 0.717) is 5.69 Å². The minimum atomic E-state index is -4.27. The van der Waals surface area contributed by atoms with Crippen LogP contribution in [0, 0.1) is 0 Å². The normalized spacial score (nSPS) is 21.6. The van der Waals surface area contributed by atoms with Crippen molar-refractivity contribution in [1.29, 1.82) is 0 Å². The second-order valence-electron chi connectivity index (χ2n) is 4.29. The molecule has 2 nitrogen and oxygen atoms in total. The minimum absolute atomic E-state index is 0.215. The van der Waals surface area contributed by atoms with E-state index in [2.05, 4.69) is 5.32 Å². The quantitative estimate of drug-likeness (QED) is 0.816. The number of benzene rings is 1. The van der Waals surface area contributed by atoms with E-state index < -0.39 is 11.7 Å². The van der Waals surface area contributed by atoms with Gasteiger partial charge in [0.15, 0.2) is 0 Å². The van der Waals surface area contributed by atoms with Crippen LogP contribution in [0.3, 0.4) is 0 Å². The molecule has 0 aromatic heterocycles. The molecule has 1 heterocycles. The van der Waals surface area contributed by atoms with E-state index in [9.17, 15) is 13.2 Å². The molecule has 94 valence electrons. The fraction of sp³-hybridized carbons (Fsp3) is 0.500. The Morgan fingerprint density at radius 1 is 1.35 bits per heavy atom. The predicted molar refractivity (Wildman–Crippen MR) is 61.1 cm³/mol. The number of anilines is 1. The van der Waals surface area contributed by atoms with E-state index in [1.165, 1.54) is 12.1 Å². The molecule has 2 rings (SSSR count). The Bertz CT molecular complexity index is 390. The molecule has 1 N–H and O–H groups in total. The van der Waals surface area contributed by atoms with Gasteiger partial charge in [0, 0.05) is 31.4 Å². The van der Waals surface area contributed by atoms with Crippen LogP contribution in [0.4, 0.5) is 18.9 Å². The zero-order valence-corrected chi connectivity index (χ0v) is 9.59. The van der Waals surface area contributed by atoms with Crippen molar-refractivity contribution in [2.24, 2.45) is 0 Å². The molecule has 1 atom stereocenters. The summed E-state index contributed by atoms with van der Waals surface area (Å²) in [6, 6.07) is 5.74. The van der Waals surface area contributed by atoms with Crippen molar-refractivity contribution < 1.29 is 13.2 Å². The van der Waals surface area contributed by atoms with Gasteiger partial charge >= 0.3 is 6.18 Å². The van der Waals surface area contributed by atoms with Crippen LogP contribution in [0.2, 0.25) is 0 Å². The molecule has 0 saturated carbocycles. The van der Waals surface area contributed by atoms with Crippen molar-refractivity contribution in [2.45, 2.75) is 19.1 Å². The summed E-state index contributed by atoms with van der Waals surface area (Å²) in [5, 5.41) is 3.22. The zero-order valence-electron chi connectivity index (χ0n) is 9.59. The standard InChI is InChI=1S/C12H15F3N2/c1-9-8-16-5-6-17(9)11-4-2-3-10(7-11)12(13,14)15/h2-4,7,9,16H,5-6,8H2,1H3/t9-/m0/s1. The molecule has 0 unspecified atom stereocenters. The Kier molecular flexibility index (Phi) is 3.28. The second-order valence-corrected chi connectivity index (χ2v) is 4.29. The Balaban J connectivity index is 2.26. The van der Waals surface area contributed by atoms with Gasteiger partial charge in [0.05, 0.1) is 5.56 Å². The molecule has 1 aliphatic heterocycles. The van der Waals surface area contributed by atoms with E-state index in [0.717, 1.165) is 25.7 Å². The first-order valence-corrected chi connectivity index (χ1v) is 5.63. The van der Waals surface area contributed by atoms with E-state index in [4.69, 9.17) is 0 Å². The number of halogens is 3. The van der Waals surface area contributed by atoms with Gasteiger partial charge in [-0.25, -0.2) is 0 Å². The summed E-state index contributed by atoms with van der Waals surface area (Å²) in [6.45, 7) is 4.35. The van der Waals surface area contributed by atoms with Gasteiger partial charge in [0.2, 0.25) is 0 Å². The molecule has 1 saturated heterocycles. The van der Waals surface area contributed by atoms with Crippen molar-refractivity contribution in [1.82, 2.24) is 5.32 Å². The highest BCUT2D eigenvalue weighted by Gasteiger charge is 2.31. The maximum Gasteiger partial charge on any atom is 0.416 e. The first kappa shape index (κ1) is 12.2. The topological polar surface area (TPSA) is 15.3 Å². The number of rotatable bonds is 1. The number of alkyl halides is 3. The zero-order chi connectivity index (χ0) is 12.5. The highest BCUT2D eigenvalue weighted by molar-refractivity contribution is 5.50. The summed E-state index contributed by atoms with van der Waals surface area (Å²) in [7, 11) is 0. The molecular weight excluding hydrogens is 229 g/mol. The monoisotopic (exact) mass is 244 g/mol. The number of nitrogens with zero attached hydrogens (tertiary/aromatic N) is 1. The van der Waals surface area contributed by atoms with E-state index >= 15 is 0 Å².